The van der Waals surface area contributed by atoms with Gasteiger partial charge in [-0.1, -0.05) is 15.9 Å². The molecule has 0 spiro atoms. The third-order valence-electron chi connectivity index (χ3n) is 5.23. The highest BCUT2D eigenvalue weighted by Crippen LogP contribution is 2.34. The second-order valence-corrected chi connectivity index (χ2v) is 8.08. The molecule has 0 unspecified atom stereocenters. The maximum Gasteiger partial charge on any atom is 0.306 e. The zero-order valence-corrected chi connectivity index (χ0v) is 17.8. The van der Waals surface area contributed by atoms with E-state index in [0.29, 0.717) is 33.0 Å². The zero-order valence-electron chi connectivity index (χ0n) is 16.2. The van der Waals surface area contributed by atoms with Crippen molar-refractivity contribution in [1.29, 1.82) is 0 Å². The molecule has 0 amide bonds. The highest BCUT2D eigenvalue weighted by Gasteiger charge is 2.20. The molecule has 0 aliphatic heterocycles. The van der Waals surface area contributed by atoms with E-state index in [0.717, 1.165) is 16.8 Å². The Hall–Kier alpha value is -3.85. The Morgan fingerprint density at radius 1 is 0.875 bits per heavy atom. The number of pyridine rings is 1. The summed E-state index contributed by atoms with van der Waals surface area (Å²) in [6.07, 6.45) is 5.13. The molecule has 4 heterocycles. The molecule has 32 heavy (non-hydrogen) atoms. The van der Waals surface area contributed by atoms with Gasteiger partial charge in [0.1, 0.15) is 23.6 Å². The predicted molar refractivity (Wildman–Crippen MR) is 118 cm³/mol. The summed E-state index contributed by atoms with van der Waals surface area (Å²) >= 11 is 3.28. The highest BCUT2D eigenvalue weighted by molar-refractivity contribution is 9.10. The van der Waals surface area contributed by atoms with Crippen molar-refractivity contribution >= 4 is 27.4 Å². The first-order valence-electron chi connectivity index (χ1n) is 9.60. The van der Waals surface area contributed by atoms with Gasteiger partial charge in [-0.2, -0.15) is 4.98 Å². The fourth-order valence-corrected chi connectivity index (χ4v) is 4.09. The molecule has 0 saturated heterocycles. The summed E-state index contributed by atoms with van der Waals surface area (Å²) in [4.78, 5) is 4.59. The van der Waals surface area contributed by atoms with E-state index in [-0.39, 0.29) is 5.82 Å². The molecule has 0 aliphatic rings. The minimum absolute atomic E-state index is 0.328. The minimum atomic E-state index is -0.410. The van der Waals surface area contributed by atoms with Crippen molar-refractivity contribution in [2.45, 2.75) is 0 Å². The Bertz CT molecular complexity index is 1620. The summed E-state index contributed by atoms with van der Waals surface area (Å²) < 4.78 is 37.8. The number of oxazole rings is 1. The monoisotopic (exact) mass is 491 g/mol. The largest absolute Gasteiger partial charge is 0.432 e. The molecular weight excluding hydrogens is 480 g/mol. The lowest BCUT2D eigenvalue weighted by Gasteiger charge is -2.07. The standard InChI is InChI=1S/C23H12BrF2N5O/c24-15-4-7-17(18(26)11-15)22-29-28-19-8-3-14(12-31(19)22)21-20(13-1-5-16(25)6-2-13)27-23-30(21)9-10-32-23/h1-12H. The SMILES string of the molecule is Fc1ccc(-c2nc3occn3c2-c2ccc3nnc(-c4ccc(Br)cc4F)n3c2)cc1. The number of hydrogen-bond acceptors (Lipinski definition) is 4. The normalized spacial score (nSPS) is 11.6. The molecule has 0 fully saturated rings. The van der Waals surface area contributed by atoms with Crippen LogP contribution in [0.15, 0.2) is 82.1 Å². The van der Waals surface area contributed by atoms with E-state index in [9.17, 15) is 8.78 Å². The summed E-state index contributed by atoms with van der Waals surface area (Å²) in [5, 5.41) is 8.37. The lowest BCUT2D eigenvalue weighted by molar-refractivity contribution is 0.596. The molecule has 0 saturated carbocycles. The molecule has 4 aromatic heterocycles. The van der Waals surface area contributed by atoms with Crippen LogP contribution in [0.25, 0.3) is 45.4 Å². The van der Waals surface area contributed by atoms with Crippen LogP contribution in [0.4, 0.5) is 8.78 Å². The van der Waals surface area contributed by atoms with Crippen molar-refractivity contribution in [2.24, 2.45) is 0 Å². The van der Waals surface area contributed by atoms with Crippen LogP contribution >= 0.6 is 15.9 Å². The Morgan fingerprint density at radius 2 is 1.69 bits per heavy atom. The molecule has 0 bridgehead atoms. The fourth-order valence-electron chi connectivity index (χ4n) is 3.76. The van der Waals surface area contributed by atoms with Crippen LogP contribution in [0.3, 0.4) is 0 Å². The van der Waals surface area contributed by atoms with Crippen molar-refractivity contribution in [3.63, 3.8) is 0 Å². The lowest BCUT2D eigenvalue weighted by Crippen LogP contribution is -1.95. The molecule has 0 radical (unpaired) electrons. The number of fused-ring (bicyclic) bond motifs is 2. The lowest BCUT2D eigenvalue weighted by atomic mass is 10.1. The van der Waals surface area contributed by atoms with E-state index in [4.69, 9.17) is 4.42 Å². The molecule has 0 N–H and O–H groups in total. The van der Waals surface area contributed by atoms with Crippen molar-refractivity contribution in [1.82, 2.24) is 24.0 Å². The van der Waals surface area contributed by atoms with Gasteiger partial charge in [0.05, 0.1) is 11.3 Å². The first-order valence-corrected chi connectivity index (χ1v) is 10.4. The molecule has 2 aromatic carbocycles. The second-order valence-electron chi connectivity index (χ2n) is 7.17. The van der Waals surface area contributed by atoms with Gasteiger partial charge in [-0.05, 0) is 54.6 Å². The first-order chi connectivity index (χ1) is 15.6. The van der Waals surface area contributed by atoms with Crippen molar-refractivity contribution in [2.75, 3.05) is 0 Å². The first kappa shape index (κ1) is 18.9. The van der Waals surface area contributed by atoms with Crippen molar-refractivity contribution < 1.29 is 13.2 Å². The van der Waals surface area contributed by atoms with Crippen molar-refractivity contribution in [3.8, 4) is 33.9 Å². The summed E-state index contributed by atoms with van der Waals surface area (Å²) in [7, 11) is 0. The minimum Gasteiger partial charge on any atom is -0.432 e. The molecule has 0 atom stereocenters. The molecule has 6 aromatic rings. The van der Waals surface area contributed by atoms with Gasteiger partial charge in [0.2, 0.25) is 0 Å². The van der Waals surface area contributed by atoms with E-state index in [1.807, 2.05) is 16.7 Å². The maximum absolute atomic E-state index is 14.6. The Balaban J connectivity index is 1.58. The topological polar surface area (TPSA) is 60.6 Å². The molecule has 156 valence electrons. The van der Waals surface area contributed by atoms with E-state index in [1.54, 1.807) is 47.2 Å². The summed E-state index contributed by atoms with van der Waals surface area (Å²) in [5.74, 6) is 0.0448. The van der Waals surface area contributed by atoms with Gasteiger partial charge < -0.3 is 4.42 Å². The van der Waals surface area contributed by atoms with Crippen LogP contribution in [-0.4, -0.2) is 24.0 Å². The van der Waals surface area contributed by atoms with Crippen LogP contribution < -0.4 is 0 Å². The van der Waals surface area contributed by atoms with Gasteiger partial charge in [0, 0.05) is 28.0 Å². The Labute approximate surface area is 187 Å². The van der Waals surface area contributed by atoms with E-state index in [2.05, 4.69) is 31.1 Å². The smallest absolute Gasteiger partial charge is 0.306 e. The second kappa shape index (κ2) is 7.10. The average molecular weight is 492 g/mol. The Kier molecular flexibility index (Phi) is 4.19. The van der Waals surface area contributed by atoms with Gasteiger partial charge in [0.25, 0.3) is 0 Å². The third kappa shape index (κ3) is 2.93. The van der Waals surface area contributed by atoms with Crippen LogP contribution in [0, 0.1) is 11.6 Å². The van der Waals surface area contributed by atoms with E-state index in [1.165, 1.54) is 18.2 Å². The number of imidazole rings is 1. The number of halogens is 3. The number of nitrogens with zero attached hydrogens (tertiary/aromatic N) is 5. The Morgan fingerprint density at radius 3 is 2.50 bits per heavy atom. The fraction of sp³-hybridized carbons (Fsp3) is 0. The molecule has 6 nitrogen and oxygen atoms in total. The number of aromatic nitrogens is 5. The van der Waals surface area contributed by atoms with E-state index < -0.39 is 5.82 Å². The number of rotatable bonds is 3. The van der Waals surface area contributed by atoms with Gasteiger partial charge >= 0.3 is 5.84 Å². The summed E-state index contributed by atoms with van der Waals surface area (Å²) in [6.45, 7) is 0. The summed E-state index contributed by atoms with van der Waals surface area (Å²) in [6, 6.07) is 14.6. The third-order valence-corrected chi connectivity index (χ3v) is 5.72. The van der Waals surface area contributed by atoms with Crippen LogP contribution in [0.1, 0.15) is 0 Å². The van der Waals surface area contributed by atoms with Gasteiger partial charge in [-0.25, -0.2) is 8.78 Å². The summed E-state index contributed by atoms with van der Waals surface area (Å²) in [5.41, 5.74) is 3.81. The maximum atomic E-state index is 14.6. The predicted octanol–water partition coefficient (Wildman–Crippen LogP) is 6.01. The van der Waals surface area contributed by atoms with Crippen molar-refractivity contribution in [3.05, 3.63) is 89.4 Å². The van der Waals surface area contributed by atoms with Gasteiger partial charge in [-0.15, -0.1) is 10.2 Å². The van der Waals surface area contributed by atoms with Crippen LogP contribution in [-0.2, 0) is 0 Å². The van der Waals surface area contributed by atoms with E-state index >= 15 is 0 Å². The molecule has 0 aliphatic carbocycles. The number of benzene rings is 2. The quantitative estimate of drug-likeness (QED) is 0.304. The van der Waals surface area contributed by atoms with Gasteiger partial charge in [0.15, 0.2) is 11.5 Å². The highest BCUT2D eigenvalue weighted by atomic mass is 79.9. The number of hydrogen-bond donors (Lipinski definition) is 0. The molecular formula is C23H12BrF2N5O. The molecule has 6 rings (SSSR count). The zero-order chi connectivity index (χ0) is 21.8. The average Bonchev–Trinajstić information content (AvgIpc) is 3.48. The van der Waals surface area contributed by atoms with Crippen LogP contribution in [0.2, 0.25) is 0 Å². The van der Waals surface area contributed by atoms with Gasteiger partial charge in [-0.3, -0.25) is 8.80 Å². The van der Waals surface area contributed by atoms with Crippen LogP contribution in [0.5, 0.6) is 0 Å². The molecule has 9 heteroatoms.